The van der Waals surface area contributed by atoms with Gasteiger partial charge in [0.25, 0.3) is 0 Å². The Morgan fingerprint density at radius 2 is 1.39 bits per heavy atom. The number of hydrogen-bond donors (Lipinski definition) is 5. The molecule has 0 fully saturated rings. The number of ether oxygens (including phenoxy) is 1. The van der Waals surface area contributed by atoms with E-state index in [0.29, 0.717) is 6.42 Å². The fraction of sp³-hybridized carbons (Fsp3) is 0.933. The minimum atomic E-state index is -2.17. The van der Waals surface area contributed by atoms with Gasteiger partial charge in [0.2, 0.25) is 0 Å². The third-order valence-electron chi connectivity index (χ3n) is 3.13. The summed E-state index contributed by atoms with van der Waals surface area (Å²) in [6.07, 6.45) is 10.4. The zero-order chi connectivity index (χ0) is 17.9. The second-order valence-electron chi connectivity index (χ2n) is 5.44. The van der Waals surface area contributed by atoms with Gasteiger partial charge >= 0.3 is 13.3 Å². The Labute approximate surface area is 139 Å². The first-order valence-electron chi connectivity index (χ1n) is 8.42. The molecule has 0 bridgehead atoms. The number of hydrogen-bond acceptors (Lipinski definition) is 7. The molecule has 0 aromatic carbocycles. The van der Waals surface area contributed by atoms with Crippen molar-refractivity contribution in [2.45, 2.75) is 77.2 Å². The van der Waals surface area contributed by atoms with E-state index in [1.54, 1.807) is 0 Å². The van der Waals surface area contributed by atoms with Gasteiger partial charge in [-0.1, -0.05) is 58.3 Å². The van der Waals surface area contributed by atoms with Crippen LogP contribution < -0.4 is 0 Å². The molecule has 0 aromatic heterocycles. The summed E-state index contributed by atoms with van der Waals surface area (Å²) in [4.78, 5) is 11.3. The second kappa shape index (κ2) is 19.4. The molecule has 1 unspecified atom stereocenters. The molecule has 0 saturated heterocycles. The van der Waals surface area contributed by atoms with Crippen molar-refractivity contribution >= 4 is 13.3 Å². The number of carbonyl (C=O) groups excluding carboxylic acids is 1. The molecule has 0 spiro atoms. The zero-order valence-corrected chi connectivity index (χ0v) is 14.2. The molecule has 23 heavy (non-hydrogen) atoms. The van der Waals surface area contributed by atoms with Crippen molar-refractivity contribution in [3.8, 4) is 0 Å². The van der Waals surface area contributed by atoms with Crippen molar-refractivity contribution < 1.29 is 34.8 Å². The Hall–Kier alpha value is -0.665. The van der Waals surface area contributed by atoms with E-state index >= 15 is 0 Å². The van der Waals surface area contributed by atoms with E-state index in [9.17, 15) is 4.79 Å². The number of aliphatic hydroxyl groups is 2. The van der Waals surface area contributed by atoms with E-state index in [1.165, 1.54) is 44.9 Å². The van der Waals surface area contributed by atoms with Crippen LogP contribution >= 0.6 is 0 Å². The van der Waals surface area contributed by atoms with Crippen LogP contribution in [0.4, 0.5) is 0 Å². The van der Waals surface area contributed by atoms with Crippen molar-refractivity contribution in [3.05, 3.63) is 0 Å². The normalized spacial score (nSPS) is 11.4. The number of carbonyl (C=O) groups is 1. The van der Waals surface area contributed by atoms with E-state index in [1.807, 2.05) is 0 Å². The Morgan fingerprint density at radius 3 is 1.83 bits per heavy atom. The summed E-state index contributed by atoms with van der Waals surface area (Å²) >= 11 is 0. The lowest BCUT2D eigenvalue weighted by Gasteiger charge is -2.08. The minimum Gasteiger partial charge on any atom is -0.463 e. The maximum Gasteiger partial charge on any atom is 0.631 e. The summed E-state index contributed by atoms with van der Waals surface area (Å²) in [5, 5.41) is 39.1. The Kier molecular flexibility index (Phi) is 20.7. The summed E-state index contributed by atoms with van der Waals surface area (Å²) in [6, 6.07) is 0. The summed E-state index contributed by atoms with van der Waals surface area (Å²) in [7, 11) is -2.17. The highest BCUT2D eigenvalue weighted by atomic mass is 16.5. The molecule has 5 N–H and O–H groups in total. The van der Waals surface area contributed by atoms with Crippen molar-refractivity contribution in [2.75, 3.05) is 13.2 Å². The lowest BCUT2D eigenvalue weighted by molar-refractivity contribution is -0.147. The van der Waals surface area contributed by atoms with E-state index in [4.69, 9.17) is 30.0 Å². The molecule has 7 nitrogen and oxygen atoms in total. The first kappa shape index (κ1) is 24.6. The maximum atomic E-state index is 11.3. The van der Waals surface area contributed by atoms with Gasteiger partial charge in [-0.3, -0.25) is 4.79 Å². The highest BCUT2D eigenvalue weighted by Crippen LogP contribution is 2.10. The lowest BCUT2D eigenvalue weighted by Crippen LogP contribution is -2.21. The standard InChI is InChI=1S/C15H30O4.BH3O3/c1-2-3-4-5-6-7-8-9-10-11-15(18)19-13-14(17)12-16;2-1(3)4/h14,16-17H,2-13H2,1H3;2-4H. The van der Waals surface area contributed by atoms with Crippen LogP contribution in [0.25, 0.3) is 0 Å². The molecular formula is C15H33BO7. The van der Waals surface area contributed by atoms with Crippen LogP contribution in [0.2, 0.25) is 0 Å². The molecule has 0 aliphatic rings. The molecule has 0 saturated carbocycles. The first-order valence-corrected chi connectivity index (χ1v) is 8.42. The van der Waals surface area contributed by atoms with Gasteiger partial charge < -0.3 is 30.0 Å². The van der Waals surface area contributed by atoms with Gasteiger partial charge in [0.1, 0.15) is 12.7 Å². The predicted octanol–water partition coefficient (Wildman–Crippen LogP) is 0.752. The number of esters is 1. The van der Waals surface area contributed by atoms with E-state index < -0.39 is 13.4 Å². The SMILES string of the molecule is CCCCCCCCCCCC(=O)OCC(O)CO.OB(O)O. The molecule has 0 aliphatic carbocycles. The van der Waals surface area contributed by atoms with Crippen molar-refractivity contribution in [2.24, 2.45) is 0 Å². The topological polar surface area (TPSA) is 127 Å². The predicted molar refractivity (Wildman–Crippen MR) is 88.3 cm³/mol. The molecule has 0 rings (SSSR count). The molecule has 138 valence electrons. The summed E-state index contributed by atoms with van der Waals surface area (Å²) in [5.74, 6) is -0.282. The minimum absolute atomic E-state index is 0.104. The van der Waals surface area contributed by atoms with E-state index in [0.717, 1.165) is 12.8 Å². The molecule has 0 heterocycles. The molecule has 0 aliphatic heterocycles. The van der Waals surface area contributed by atoms with Gasteiger partial charge in [-0.05, 0) is 6.42 Å². The zero-order valence-electron chi connectivity index (χ0n) is 14.2. The molecule has 1 atom stereocenters. The van der Waals surface area contributed by atoms with Crippen molar-refractivity contribution in [1.82, 2.24) is 0 Å². The monoisotopic (exact) mass is 336 g/mol. The molecule has 0 amide bonds. The largest absolute Gasteiger partial charge is 0.631 e. The average Bonchev–Trinajstić information content (AvgIpc) is 2.50. The van der Waals surface area contributed by atoms with Gasteiger partial charge in [-0.15, -0.1) is 0 Å². The number of unbranched alkanes of at least 4 members (excludes halogenated alkanes) is 8. The number of rotatable bonds is 13. The maximum absolute atomic E-state index is 11.3. The lowest BCUT2D eigenvalue weighted by atomic mass is 10.1. The number of aliphatic hydroxyl groups excluding tert-OH is 2. The summed E-state index contributed by atoms with van der Waals surface area (Å²) in [5.41, 5.74) is 0. The van der Waals surface area contributed by atoms with Crippen LogP contribution in [0, 0.1) is 0 Å². The second-order valence-corrected chi connectivity index (χ2v) is 5.44. The van der Waals surface area contributed by atoms with Gasteiger partial charge in [-0.25, -0.2) is 0 Å². The fourth-order valence-corrected chi connectivity index (χ4v) is 1.89. The fourth-order valence-electron chi connectivity index (χ4n) is 1.89. The van der Waals surface area contributed by atoms with Gasteiger partial charge in [0.05, 0.1) is 6.61 Å². The van der Waals surface area contributed by atoms with Crippen LogP contribution in [-0.4, -0.2) is 57.9 Å². The highest BCUT2D eigenvalue weighted by Gasteiger charge is 2.07. The van der Waals surface area contributed by atoms with Crippen molar-refractivity contribution in [3.63, 3.8) is 0 Å². The average molecular weight is 336 g/mol. The highest BCUT2D eigenvalue weighted by molar-refractivity contribution is 6.30. The van der Waals surface area contributed by atoms with Crippen LogP contribution in [0.1, 0.15) is 71.1 Å². The molecule has 0 radical (unpaired) electrons. The third-order valence-corrected chi connectivity index (χ3v) is 3.13. The molecule has 8 heteroatoms. The van der Waals surface area contributed by atoms with Gasteiger partial charge in [0.15, 0.2) is 0 Å². The van der Waals surface area contributed by atoms with Gasteiger partial charge in [-0.2, -0.15) is 0 Å². The third kappa shape index (κ3) is 26.5. The van der Waals surface area contributed by atoms with E-state index in [-0.39, 0.29) is 19.2 Å². The Morgan fingerprint density at radius 1 is 0.957 bits per heavy atom. The first-order chi connectivity index (χ1) is 10.9. The van der Waals surface area contributed by atoms with Crippen LogP contribution in [0.3, 0.4) is 0 Å². The molecular weight excluding hydrogens is 303 g/mol. The van der Waals surface area contributed by atoms with Crippen molar-refractivity contribution in [1.29, 1.82) is 0 Å². The Balaban J connectivity index is 0. The van der Waals surface area contributed by atoms with Gasteiger partial charge in [0, 0.05) is 6.42 Å². The molecule has 0 aromatic rings. The van der Waals surface area contributed by atoms with E-state index in [2.05, 4.69) is 6.92 Å². The summed E-state index contributed by atoms with van der Waals surface area (Å²) < 4.78 is 4.82. The Bertz CT molecular complexity index is 249. The van der Waals surface area contributed by atoms with Crippen LogP contribution in [0.15, 0.2) is 0 Å². The summed E-state index contributed by atoms with van der Waals surface area (Å²) in [6.45, 7) is 1.75. The smallest absolute Gasteiger partial charge is 0.463 e. The quantitative estimate of drug-likeness (QED) is 0.191. The van der Waals surface area contributed by atoms with Crippen LogP contribution in [-0.2, 0) is 9.53 Å². The van der Waals surface area contributed by atoms with Crippen LogP contribution in [0.5, 0.6) is 0 Å².